The Hall–Kier alpha value is -0.990. The van der Waals surface area contributed by atoms with E-state index >= 15 is 0 Å². The first-order chi connectivity index (χ1) is 13.0. The molecule has 0 radical (unpaired) electrons. The van der Waals surface area contributed by atoms with Crippen LogP contribution in [0.5, 0.6) is 0 Å². The summed E-state index contributed by atoms with van der Waals surface area (Å²) in [6.45, 7) is 7.87. The van der Waals surface area contributed by atoms with E-state index in [1.165, 1.54) is 0 Å². The second kappa shape index (κ2) is 11.1. The van der Waals surface area contributed by atoms with Gasteiger partial charge in [-0.3, -0.25) is 14.7 Å². The van der Waals surface area contributed by atoms with Gasteiger partial charge in [-0.1, -0.05) is 0 Å². The highest BCUT2D eigenvalue weighted by Gasteiger charge is 2.32. The third-order valence-corrected chi connectivity index (χ3v) is 6.90. The molecule has 1 amide bonds. The molecular formula is C19H37N5O2S. The second-order valence-electron chi connectivity index (χ2n) is 7.68. The number of hydrogen-bond acceptors (Lipinski definition) is 5. The second-order valence-corrected chi connectivity index (χ2v) is 8.95. The first kappa shape index (κ1) is 22.3. The van der Waals surface area contributed by atoms with Crippen LogP contribution in [0, 0.1) is 0 Å². The van der Waals surface area contributed by atoms with Gasteiger partial charge in [0.25, 0.3) is 0 Å². The molecule has 0 atom stereocenters. The molecule has 7 nitrogen and oxygen atoms in total. The normalized spacial score (nSPS) is 21.7. The number of likely N-dealkylation sites (tertiary alicyclic amines) is 1. The number of hydrogen-bond donors (Lipinski definition) is 2. The molecule has 0 bridgehead atoms. The topological polar surface area (TPSA) is 69.2 Å². The lowest BCUT2D eigenvalue weighted by molar-refractivity contribution is -0.130. The summed E-state index contributed by atoms with van der Waals surface area (Å²) in [5.74, 6) is 1.09. The average Bonchev–Trinajstić information content (AvgIpc) is 2.68. The lowest BCUT2D eigenvalue weighted by Crippen LogP contribution is -2.50. The number of aliphatic imine (C=N–C) groups is 1. The molecule has 27 heavy (non-hydrogen) atoms. The van der Waals surface area contributed by atoms with Crippen molar-refractivity contribution in [1.82, 2.24) is 20.4 Å². The smallest absolute Gasteiger partial charge is 0.236 e. The Morgan fingerprint density at radius 3 is 2.52 bits per heavy atom. The molecule has 2 saturated heterocycles. The van der Waals surface area contributed by atoms with Crippen LogP contribution in [-0.2, 0) is 9.53 Å². The van der Waals surface area contributed by atoms with Crippen LogP contribution in [-0.4, -0.2) is 98.7 Å². The highest BCUT2D eigenvalue weighted by molar-refractivity contribution is 8.00. The van der Waals surface area contributed by atoms with E-state index in [0.717, 1.165) is 71.0 Å². The van der Waals surface area contributed by atoms with E-state index in [1.807, 2.05) is 25.9 Å². The van der Waals surface area contributed by atoms with Crippen LogP contribution in [0.15, 0.2) is 4.99 Å². The van der Waals surface area contributed by atoms with E-state index in [9.17, 15) is 4.79 Å². The minimum Gasteiger partial charge on any atom is -0.381 e. The molecule has 0 saturated carbocycles. The number of nitrogens with zero attached hydrogens (tertiary/aromatic N) is 3. The van der Waals surface area contributed by atoms with Crippen molar-refractivity contribution in [2.45, 2.75) is 43.4 Å². The number of ether oxygens (including phenoxy) is 1. The number of piperidine rings is 1. The van der Waals surface area contributed by atoms with E-state index < -0.39 is 0 Å². The van der Waals surface area contributed by atoms with Crippen molar-refractivity contribution < 1.29 is 9.53 Å². The van der Waals surface area contributed by atoms with Gasteiger partial charge in [0, 0.05) is 57.7 Å². The largest absolute Gasteiger partial charge is 0.381 e. The number of rotatable bonds is 7. The van der Waals surface area contributed by atoms with Crippen molar-refractivity contribution in [3.05, 3.63) is 0 Å². The van der Waals surface area contributed by atoms with Gasteiger partial charge in [0.2, 0.25) is 5.91 Å². The Morgan fingerprint density at radius 2 is 1.96 bits per heavy atom. The maximum Gasteiger partial charge on any atom is 0.236 e. The number of guanidine groups is 1. The zero-order valence-corrected chi connectivity index (χ0v) is 18.2. The minimum atomic E-state index is 0.176. The maximum atomic E-state index is 11.9. The molecule has 0 aromatic heterocycles. The molecule has 0 spiro atoms. The third kappa shape index (κ3) is 7.16. The van der Waals surface area contributed by atoms with Crippen molar-refractivity contribution >= 4 is 23.6 Å². The SMILES string of the molecule is CCNC(=NCC1(SC)CCOCC1)NC1CCN(CC(=O)N(C)C)CC1. The van der Waals surface area contributed by atoms with Crippen molar-refractivity contribution in [3.63, 3.8) is 0 Å². The lowest BCUT2D eigenvalue weighted by Gasteiger charge is -2.35. The van der Waals surface area contributed by atoms with Gasteiger partial charge < -0.3 is 20.3 Å². The minimum absolute atomic E-state index is 0.176. The zero-order valence-electron chi connectivity index (χ0n) is 17.4. The molecule has 2 rings (SSSR count). The van der Waals surface area contributed by atoms with E-state index in [1.54, 1.807) is 4.90 Å². The van der Waals surface area contributed by atoms with Crippen molar-refractivity contribution in [3.8, 4) is 0 Å². The molecule has 156 valence electrons. The van der Waals surface area contributed by atoms with Gasteiger partial charge in [0.15, 0.2) is 5.96 Å². The van der Waals surface area contributed by atoms with Gasteiger partial charge in [-0.05, 0) is 38.9 Å². The summed E-state index contributed by atoms with van der Waals surface area (Å²) in [5, 5.41) is 7.00. The molecule has 2 aliphatic heterocycles. The van der Waals surface area contributed by atoms with Gasteiger partial charge in [-0.15, -0.1) is 0 Å². The zero-order chi connectivity index (χ0) is 19.7. The van der Waals surface area contributed by atoms with Gasteiger partial charge in [-0.2, -0.15) is 11.8 Å². The summed E-state index contributed by atoms with van der Waals surface area (Å²) in [7, 11) is 3.63. The van der Waals surface area contributed by atoms with Crippen LogP contribution in [0.1, 0.15) is 32.6 Å². The van der Waals surface area contributed by atoms with E-state index in [4.69, 9.17) is 9.73 Å². The summed E-state index contributed by atoms with van der Waals surface area (Å²) >= 11 is 1.92. The first-order valence-electron chi connectivity index (χ1n) is 10.1. The molecule has 2 aliphatic rings. The Morgan fingerprint density at radius 1 is 1.30 bits per heavy atom. The van der Waals surface area contributed by atoms with E-state index in [0.29, 0.717) is 12.6 Å². The van der Waals surface area contributed by atoms with Gasteiger partial charge in [-0.25, -0.2) is 0 Å². The summed E-state index contributed by atoms with van der Waals surface area (Å²) in [6, 6.07) is 0.411. The van der Waals surface area contributed by atoms with E-state index in [-0.39, 0.29) is 10.7 Å². The number of carbonyl (C=O) groups is 1. The first-order valence-corrected chi connectivity index (χ1v) is 11.3. The summed E-state index contributed by atoms with van der Waals surface area (Å²) in [5.41, 5.74) is 0. The summed E-state index contributed by atoms with van der Waals surface area (Å²) in [6.07, 6.45) is 6.38. The Kier molecular flexibility index (Phi) is 9.18. The Bertz CT molecular complexity index is 486. The third-order valence-electron chi connectivity index (χ3n) is 5.49. The van der Waals surface area contributed by atoms with Crippen LogP contribution < -0.4 is 10.6 Å². The molecule has 0 aromatic rings. The van der Waals surface area contributed by atoms with Gasteiger partial charge in [0.1, 0.15) is 0 Å². The predicted molar refractivity (Wildman–Crippen MR) is 114 cm³/mol. The van der Waals surface area contributed by atoms with Crippen LogP contribution in [0.25, 0.3) is 0 Å². The number of nitrogens with one attached hydrogen (secondary N) is 2. The molecule has 8 heteroatoms. The molecule has 0 aromatic carbocycles. The Balaban J connectivity index is 1.84. The van der Waals surface area contributed by atoms with Crippen molar-refractivity contribution in [2.75, 3.05) is 66.3 Å². The van der Waals surface area contributed by atoms with Gasteiger partial charge >= 0.3 is 0 Å². The van der Waals surface area contributed by atoms with Crippen LogP contribution >= 0.6 is 11.8 Å². The van der Waals surface area contributed by atoms with Crippen molar-refractivity contribution in [2.24, 2.45) is 4.99 Å². The van der Waals surface area contributed by atoms with Gasteiger partial charge in [0.05, 0.1) is 13.1 Å². The number of amides is 1. The average molecular weight is 400 g/mol. The molecular weight excluding hydrogens is 362 g/mol. The number of likely N-dealkylation sites (N-methyl/N-ethyl adjacent to an activating group) is 1. The monoisotopic (exact) mass is 399 g/mol. The molecule has 0 unspecified atom stereocenters. The molecule has 2 heterocycles. The van der Waals surface area contributed by atoms with E-state index in [2.05, 4.69) is 28.7 Å². The highest BCUT2D eigenvalue weighted by Crippen LogP contribution is 2.34. The predicted octanol–water partition coefficient (Wildman–Crippen LogP) is 1.01. The summed E-state index contributed by atoms with van der Waals surface area (Å²) < 4.78 is 5.73. The lowest BCUT2D eigenvalue weighted by atomic mass is 9.99. The quantitative estimate of drug-likeness (QED) is 0.492. The standard InChI is InChI=1S/C19H37N5O2S/c1-5-20-18(21-15-19(27-4)8-12-26-13-9-19)22-16-6-10-24(11-7-16)14-17(25)23(2)3/h16H,5-15H2,1-4H3,(H2,20,21,22). The fourth-order valence-electron chi connectivity index (χ4n) is 3.47. The van der Waals surface area contributed by atoms with Crippen LogP contribution in [0.4, 0.5) is 0 Å². The summed E-state index contributed by atoms with van der Waals surface area (Å²) in [4.78, 5) is 20.7. The fourth-order valence-corrected chi connectivity index (χ4v) is 4.24. The maximum absolute atomic E-state index is 11.9. The highest BCUT2D eigenvalue weighted by atomic mass is 32.2. The molecule has 2 N–H and O–H groups in total. The number of thioether (sulfide) groups is 1. The van der Waals surface area contributed by atoms with Crippen LogP contribution in [0.2, 0.25) is 0 Å². The molecule has 2 fully saturated rings. The van der Waals surface area contributed by atoms with Crippen molar-refractivity contribution in [1.29, 1.82) is 0 Å². The van der Waals surface area contributed by atoms with Crippen LogP contribution in [0.3, 0.4) is 0 Å². The molecule has 0 aliphatic carbocycles. The number of carbonyl (C=O) groups excluding carboxylic acids is 1. The Labute approximate surface area is 168 Å². The fraction of sp³-hybridized carbons (Fsp3) is 0.895.